The Kier molecular flexibility index (Phi) is 4.01. The Morgan fingerprint density at radius 3 is 2.92 bits per heavy atom. The molecule has 0 saturated heterocycles. The van der Waals surface area contributed by atoms with E-state index >= 15 is 0 Å². The van der Waals surface area contributed by atoms with Crippen LogP contribution in [0.4, 0.5) is 0 Å². The highest BCUT2D eigenvalue weighted by atomic mass is 79.9. The van der Waals surface area contributed by atoms with E-state index in [2.05, 4.69) is 38.9 Å². The average Bonchev–Trinajstić information content (AvgIpc) is 2.04. The fourth-order valence-corrected chi connectivity index (χ4v) is 1.61. The van der Waals surface area contributed by atoms with Gasteiger partial charge in [0.1, 0.15) is 0 Å². The molecule has 0 radical (unpaired) electrons. The van der Waals surface area contributed by atoms with Gasteiger partial charge in [0.2, 0.25) is 0 Å². The van der Waals surface area contributed by atoms with E-state index < -0.39 is 0 Å². The van der Waals surface area contributed by atoms with Crippen molar-refractivity contribution in [2.45, 2.75) is 6.54 Å². The molecule has 0 aromatic heterocycles. The predicted molar refractivity (Wildman–Crippen MR) is 59.3 cm³/mol. The highest BCUT2D eigenvalue weighted by molar-refractivity contribution is 9.10. The molecular formula is C11H12BrN. The Hall–Kier alpha value is -0.780. The van der Waals surface area contributed by atoms with E-state index in [-0.39, 0.29) is 0 Å². The van der Waals surface area contributed by atoms with E-state index in [4.69, 9.17) is 6.42 Å². The van der Waals surface area contributed by atoms with Crippen molar-refractivity contribution in [3.8, 4) is 12.3 Å². The molecule has 0 unspecified atom stereocenters. The molecule has 0 amide bonds. The van der Waals surface area contributed by atoms with Crippen LogP contribution in [0.1, 0.15) is 5.56 Å². The maximum Gasteiger partial charge on any atom is 0.0599 e. The van der Waals surface area contributed by atoms with Crippen molar-refractivity contribution in [1.29, 1.82) is 0 Å². The topological polar surface area (TPSA) is 3.24 Å². The Labute approximate surface area is 87.9 Å². The van der Waals surface area contributed by atoms with Crippen molar-refractivity contribution in [2.24, 2.45) is 0 Å². The van der Waals surface area contributed by atoms with E-state index in [9.17, 15) is 0 Å². The van der Waals surface area contributed by atoms with Gasteiger partial charge < -0.3 is 0 Å². The van der Waals surface area contributed by atoms with Crippen LogP contribution in [0.3, 0.4) is 0 Å². The molecular weight excluding hydrogens is 226 g/mol. The zero-order valence-corrected chi connectivity index (χ0v) is 9.21. The summed E-state index contributed by atoms with van der Waals surface area (Å²) in [6.45, 7) is 1.58. The van der Waals surface area contributed by atoms with E-state index in [1.165, 1.54) is 5.56 Å². The normalized spacial score (nSPS) is 10.0. The molecule has 0 N–H and O–H groups in total. The minimum atomic E-state index is 0.687. The summed E-state index contributed by atoms with van der Waals surface area (Å²) in [6, 6.07) is 8.25. The Bertz CT molecular complexity index is 314. The number of terminal acetylenes is 1. The number of hydrogen-bond donors (Lipinski definition) is 0. The summed E-state index contributed by atoms with van der Waals surface area (Å²) >= 11 is 3.43. The first kappa shape index (κ1) is 10.3. The summed E-state index contributed by atoms with van der Waals surface area (Å²) in [5.41, 5.74) is 1.27. The summed E-state index contributed by atoms with van der Waals surface area (Å²) in [4.78, 5) is 2.10. The molecule has 1 nitrogen and oxygen atoms in total. The van der Waals surface area contributed by atoms with Gasteiger partial charge in [0.05, 0.1) is 6.54 Å². The summed E-state index contributed by atoms with van der Waals surface area (Å²) in [7, 11) is 2.01. The molecule has 0 saturated carbocycles. The van der Waals surface area contributed by atoms with Crippen molar-refractivity contribution in [3.05, 3.63) is 34.3 Å². The molecule has 0 atom stereocenters. The van der Waals surface area contributed by atoms with Gasteiger partial charge in [0.15, 0.2) is 0 Å². The summed E-state index contributed by atoms with van der Waals surface area (Å²) in [6.07, 6.45) is 5.21. The first-order chi connectivity index (χ1) is 6.22. The van der Waals surface area contributed by atoms with Crippen molar-refractivity contribution in [3.63, 3.8) is 0 Å². The Balaban J connectivity index is 2.59. The highest BCUT2D eigenvalue weighted by Crippen LogP contribution is 2.12. The highest BCUT2D eigenvalue weighted by Gasteiger charge is 1.98. The Morgan fingerprint density at radius 2 is 2.31 bits per heavy atom. The van der Waals surface area contributed by atoms with Crippen LogP contribution in [-0.4, -0.2) is 18.5 Å². The second-order valence-corrected chi connectivity index (χ2v) is 3.92. The molecule has 13 heavy (non-hydrogen) atoms. The van der Waals surface area contributed by atoms with Crippen LogP contribution >= 0.6 is 15.9 Å². The van der Waals surface area contributed by atoms with Gasteiger partial charge in [-0.15, -0.1) is 6.42 Å². The lowest BCUT2D eigenvalue weighted by Gasteiger charge is -2.12. The second-order valence-electron chi connectivity index (χ2n) is 3.01. The summed E-state index contributed by atoms with van der Waals surface area (Å²) in [5, 5.41) is 0. The molecule has 0 spiro atoms. The molecule has 0 bridgehead atoms. The third kappa shape index (κ3) is 3.63. The number of benzene rings is 1. The fourth-order valence-electron chi connectivity index (χ4n) is 1.16. The molecule has 2 heteroatoms. The van der Waals surface area contributed by atoms with Crippen molar-refractivity contribution in [2.75, 3.05) is 13.6 Å². The molecule has 0 heterocycles. The largest absolute Gasteiger partial charge is 0.291 e. The number of nitrogens with zero attached hydrogens (tertiary/aromatic N) is 1. The lowest BCUT2D eigenvalue weighted by Crippen LogP contribution is -2.17. The molecule has 0 fully saturated rings. The van der Waals surface area contributed by atoms with Crippen LogP contribution in [0, 0.1) is 12.3 Å². The van der Waals surface area contributed by atoms with E-state index in [1.807, 2.05) is 19.2 Å². The molecule has 0 aliphatic heterocycles. The standard InChI is InChI=1S/C11H12BrN/c1-3-7-13(2)9-10-5-4-6-11(12)8-10/h1,4-6,8H,7,9H2,2H3. The average molecular weight is 238 g/mol. The van der Waals surface area contributed by atoms with Crippen LogP contribution in [-0.2, 0) is 6.54 Å². The van der Waals surface area contributed by atoms with Gasteiger partial charge in [-0.3, -0.25) is 4.90 Å². The predicted octanol–water partition coefficient (Wildman–Crippen LogP) is 2.51. The SMILES string of the molecule is C#CCN(C)Cc1cccc(Br)c1. The monoisotopic (exact) mass is 237 g/mol. The van der Waals surface area contributed by atoms with Gasteiger partial charge >= 0.3 is 0 Å². The lowest BCUT2D eigenvalue weighted by atomic mass is 10.2. The van der Waals surface area contributed by atoms with Gasteiger partial charge in [0, 0.05) is 11.0 Å². The third-order valence-electron chi connectivity index (χ3n) is 1.70. The number of halogens is 1. The quantitative estimate of drug-likeness (QED) is 0.731. The Morgan fingerprint density at radius 1 is 1.54 bits per heavy atom. The second kappa shape index (κ2) is 5.06. The third-order valence-corrected chi connectivity index (χ3v) is 2.20. The first-order valence-electron chi connectivity index (χ1n) is 4.09. The minimum absolute atomic E-state index is 0.687. The molecule has 0 aliphatic carbocycles. The molecule has 1 aromatic carbocycles. The fraction of sp³-hybridized carbons (Fsp3) is 0.273. The van der Waals surface area contributed by atoms with Crippen LogP contribution < -0.4 is 0 Å². The summed E-state index contributed by atoms with van der Waals surface area (Å²) in [5.74, 6) is 2.62. The smallest absolute Gasteiger partial charge is 0.0599 e. The van der Waals surface area contributed by atoms with E-state index in [0.717, 1.165) is 11.0 Å². The maximum atomic E-state index is 5.21. The molecule has 68 valence electrons. The van der Waals surface area contributed by atoms with E-state index in [1.54, 1.807) is 0 Å². The van der Waals surface area contributed by atoms with Gasteiger partial charge in [-0.1, -0.05) is 34.0 Å². The first-order valence-corrected chi connectivity index (χ1v) is 4.88. The lowest BCUT2D eigenvalue weighted by molar-refractivity contribution is 0.369. The van der Waals surface area contributed by atoms with Crippen molar-refractivity contribution in [1.82, 2.24) is 4.90 Å². The number of rotatable bonds is 3. The maximum absolute atomic E-state index is 5.21. The van der Waals surface area contributed by atoms with Crippen molar-refractivity contribution < 1.29 is 0 Å². The van der Waals surface area contributed by atoms with E-state index in [0.29, 0.717) is 6.54 Å². The van der Waals surface area contributed by atoms with Crippen LogP contribution in [0.15, 0.2) is 28.7 Å². The zero-order chi connectivity index (χ0) is 9.68. The van der Waals surface area contributed by atoms with Gasteiger partial charge in [-0.2, -0.15) is 0 Å². The molecule has 0 aliphatic rings. The molecule has 1 rings (SSSR count). The minimum Gasteiger partial charge on any atom is -0.291 e. The van der Waals surface area contributed by atoms with Crippen molar-refractivity contribution >= 4 is 15.9 Å². The van der Waals surface area contributed by atoms with Crippen LogP contribution in [0.5, 0.6) is 0 Å². The van der Waals surface area contributed by atoms with Gasteiger partial charge in [-0.05, 0) is 24.7 Å². The summed E-state index contributed by atoms with van der Waals surface area (Å²) < 4.78 is 1.11. The van der Waals surface area contributed by atoms with Gasteiger partial charge in [-0.25, -0.2) is 0 Å². The van der Waals surface area contributed by atoms with Crippen LogP contribution in [0.2, 0.25) is 0 Å². The van der Waals surface area contributed by atoms with Gasteiger partial charge in [0.25, 0.3) is 0 Å². The van der Waals surface area contributed by atoms with Crippen LogP contribution in [0.25, 0.3) is 0 Å². The number of hydrogen-bond acceptors (Lipinski definition) is 1. The zero-order valence-electron chi connectivity index (χ0n) is 7.63. The molecule has 1 aromatic rings.